The van der Waals surface area contributed by atoms with Crippen molar-refractivity contribution in [3.63, 3.8) is 0 Å². The Labute approximate surface area is 87.3 Å². The van der Waals surface area contributed by atoms with Crippen LogP contribution in [-0.2, 0) is 0 Å². The second-order valence-electron chi connectivity index (χ2n) is 2.46. The summed E-state index contributed by atoms with van der Waals surface area (Å²) in [6.45, 7) is 0. The van der Waals surface area contributed by atoms with E-state index >= 15 is 0 Å². The van der Waals surface area contributed by atoms with Crippen LogP contribution in [0.2, 0.25) is 10.0 Å². The van der Waals surface area contributed by atoms with E-state index in [0.717, 1.165) is 12.3 Å². The molecule has 0 aliphatic carbocycles. The van der Waals surface area contributed by atoms with Crippen molar-refractivity contribution in [2.24, 2.45) is 0 Å². The lowest BCUT2D eigenvalue weighted by atomic mass is 10.2. The lowest BCUT2D eigenvalue weighted by Crippen LogP contribution is -2.21. The minimum Gasteiger partial charge on any atom is -0.378 e. The van der Waals surface area contributed by atoms with Gasteiger partial charge in [0, 0.05) is 6.20 Å². The standard InChI is InChI=1S/C7H4Cl2F3NO/c8-3-1-4(9)5(13-2-3)6(14)7(10,11)12/h1-2,6,14H/t6-/m1/s1. The molecule has 14 heavy (non-hydrogen) atoms. The van der Waals surface area contributed by atoms with Gasteiger partial charge in [-0.25, -0.2) is 0 Å². The Morgan fingerprint density at radius 2 is 1.93 bits per heavy atom. The fourth-order valence-corrected chi connectivity index (χ4v) is 1.26. The highest BCUT2D eigenvalue weighted by Crippen LogP contribution is 2.35. The fourth-order valence-electron chi connectivity index (χ4n) is 0.781. The van der Waals surface area contributed by atoms with Crippen LogP contribution >= 0.6 is 23.2 Å². The zero-order chi connectivity index (χ0) is 10.9. The Kier molecular flexibility index (Phi) is 3.24. The summed E-state index contributed by atoms with van der Waals surface area (Å²) in [6, 6.07) is 1.08. The molecule has 0 fully saturated rings. The van der Waals surface area contributed by atoms with Crippen LogP contribution in [-0.4, -0.2) is 16.3 Å². The highest BCUT2D eigenvalue weighted by atomic mass is 35.5. The van der Waals surface area contributed by atoms with Crippen molar-refractivity contribution in [3.05, 3.63) is 28.0 Å². The number of hydrogen-bond donors (Lipinski definition) is 1. The average molecular weight is 246 g/mol. The highest BCUT2D eigenvalue weighted by molar-refractivity contribution is 6.34. The highest BCUT2D eigenvalue weighted by Gasteiger charge is 2.41. The molecule has 0 bridgehead atoms. The molecule has 1 aromatic heterocycles. The lowest BCUT2D eigenvalue weighted by molar-refractivity contribution is -0.207. The molecule has 0 aliphatic heterocycles. The summed E-state index contributed by atoms with van der Waals surface area (Å²) in [5.41, 5.74) is -0.649. The molecular weight excluding hydrogens is 242 g/mol. The van der Waals surface area contributed by atoms with Crippen LogP contribution in [0, 0.1) is 0 Å². The van der Waals surface area contributed by atoms with Crippen LogP contribution in [0.1, 0.15) is 11.8 Å². The van der Waals surface area contributed by atoms with E-state index in [9.17, 15) is 13.2 Å². The summed E-state index contributed by atoms with van der Waals surface area (Å²) < 4.78 is 36.1. The number of aliphatic hydroxyl groups is 1. The molecule has 0 aromatic carbocycles. The predicted molar refractivity (Wildman–Crippen MR) is 45.3 cm³/mol. The van der Waals surface area contributed by atoms with Gasteiger partial charge in [0.15, 0.2) is 6.10 Å². The molecule has 0 aliphatic rings. The SMILES string of the molecule is O[C@H](c1ncc(Cl)cc1Cl)C(F)(F)F. The van der Waals surface area contributed by atoms with Gasteiger partial charge >= 0.3 is 6.18 Å². The van der Waals surface area contributed by atoms with E-state index in [0.29, 0.717) is 0 Å². The van der Waals surface area contributed by atoms with Gasteiger partial charge in [-0.3, -0.25) is 4.98 Å². The number of hydrogen-bond acceptors (Lipinski definition) is 2. The maximum atomic E-state index is 12.0. The molecule has 0 amide bonds. The van der Waals surface area contributed by atoms with Crippen LogP contribution in [0.15, 0.2) is 12.3 Å². The number of pyridine rings is 1. The molecule has 1 heterocycles. The number of rotatable bonds is 1. The van der Waals surface area contributed by atoms with Gasteiger partial charge in [0.25, 0.3) is 0 Å². The molecule has 0 radical (unpaired) electrons. The van der Waals surface area contributed by atoms with Gasteiger partial charge in [-0.05, 0) is 6.07 Å². The van der Waals surface area contributed by atoms with Crippen LogP contribution in [0.5, 0.6) is 0 Å². The average Bonchev–Trinajstić information content (AvgIpc) is 2.01. The zero-order valence-electron chi connectivity index (χ0n) is 6.52. The normalized spacial score (nSPS) is 14.1. The first-order valence-electron chi connectivity index (χ1n) is 3.38. The van der Waals surface area contributed by atoms with E-state index < -0.39 is 18.0 Å². The minimum atomic E-state index is -4.79. The Morgan fingerprint density at radius 3 is 2.36 bits per heavy atom. The largest absolute Gasteiger partial charge is 0.420 e. The van der Waals surface area contributed by atoms with Crippen molar-refractivity contribution in [3.8, 4) is 0 Å². The molecule has 0 spiro atoms. The first-order chi connectivity index (χ1) is 6.32. The van der Waals surface area contributed by atoms with Crippen molar-refractivity contribution in [1.29, 1.82) is 0 Å². The van der Waals surface area contributed by atoms with Gasteiger partial charge in [0.1, 0.15) is 0 Å². The summed E-state index contributed by atoms with van der Waals surface area (Å²) in [4.78, 5) is 3.31. The summed E-state index contributed by atoms with van der Waals surface area (Å²) in [5, 5.41) is 8.60. The minimum absolute atomic E-state index is 0.105. The third-order valence-corrected chi connectivity index (χ3v) is 1.91. The maximum Gasteiger partial charge on any atom is 0.420 e. The molecule has 1 N–H and O–H groups in total. The van der Waals surface area contributed by atoms with E-state index in [2.05, 4.69) is 4.98 Å². The third kappa shape index (κ3) is 2.50. The molecule has 0 unspecified atom stereocenters. The van der Waals surface area contributed by atoms with Crippen LogP contribution in [0.3, 0.4) is 0 Å². The fraction of sp³-hybridized carbons (Fsp3) is 0.286. The van der Waals surface area contributed by atoms with E-state index in [4.69, 9.17) is 28.3 Å². The van der Waals surface area contributed by atoms with Crippen molar-refractivity contribution in [2.75, 3.05) is 0 Å². The number of halogens is 5. The quantitative estimate of drug-likeness (QED) is 0.826. The van der Waals surface area contributed by atoms with E-state index in [1.165, 1.54) is 0 Å². The van der Waals surface area contributed by atoms with E-state index in [-0.39, 0.29) is 10.0 Å². The Bertz CT molecular complexity index is 342. The molecular formula is C7H4Cl2F3NO. The molecule has 1 aromatic rings. The smallest absolute Gasteiger partial charge is 0.378 e. The molecule has 78 valence electrons. The Morgan fingerprint density at radius 1 is 1.36 bits per heavy atom. The van der Waals surface area contributed by atoms with Gasteiger partial charge < -0.3 is 5.11 Å². The first kappa shape index (κ1) is 11.6. The van der Waals surface area contributed by atoms with Gasteiger partial charge in [0.2, 0.25) is 0 Å². The number of aromatic nitrogens is 1. The van der Waals surface area contributed by atoms with Crippen LogP contribution < -0.4 is 0 Å². The maximum absolute atomic E-state index is 12.0. The van der Waals surface area contributed by atoms with E-state index in [1.54, 1.807) is 0 Å². The summed E-state index contributed by atoms with van der Waals surface area (Å²) >= 11 is 10.8. The van der Waals surface area contributed by atoms with Gasteiger partial charge in [-0.2, -0.15) is 13.2 Å². The summed E-state index contributed by atoms with van der Waals surface area (Å²) in [6.07, 6.45) is -6.49. The molecule has 0 saturated carbocycles. The van der Waals surface area contributed by atoms with Crippen LogP contribution in [0.25, 0.3) is 0 Å². The van der Waals surface area contributed by atoms with E-state index in [1.807, 2.05) is 0 Å². The molecule has 1 atom stereocenters. The molecule has 1 rings (SSSR count). The zero-order valence-corrected chi connectivity index (χ0v) is 8.03. The third-order valence-electron chi connectivity index (χ3n) is 1.41. The number of nitrogens with zero attached hydrogens (tertiary/aromatic N) is 1. The first-order valence-corrected chi connectivity index (χ1v) is 4.13. The predicted octanol–water partition coefficient (Wildman–Crippen LogP) is 2.98. The number of alkyl halides is 3. The summed E-state index contributed by atoms with van der Waals surface area (Å²) in [7, 11) is 0. The van der Waals surface area contributed by atoms with Crippen molar-refractivity contribution >= 4 is 23.2 Å². The molecule has 7 heteroatoms. The monoisotopic (exact) mass is 245 g/mol. The van der Waals surface area contributed by atoms with Gasteiger partial charge in [0.05, 0.1) is 15.7 Å². The van der Waals surface area contributed by atoms with Gasteiger partial charge in [-0.1, -0.05) is 23.2 Å². The second-order valence-corrected chi connectivity index (χ2v) is 3.31. The number of aliphatic hydroxyl groups excluding tert-OH is 1. The topological polar surface area (TPSA) is 33.1 Å². The molecule has 2 nitrogen and oxygen atoms in total. The van der Waals surface area contributed by atoms with Crippen LogP contribution in [0.4, 0.5) is 13.2 Å². The second kappa shape index (κ2) is 3.92. The van der Waals surface area contributed by atoms with Crippen molar-refractivity contribution in [2.45, 2.75) is 12.3 Å². The van der Waals surface area contributed by atoms with Crippen molar-refractivity contribution < 1.29 is 18.3 Å². The Balaban J connectivity index is 3.08. The Hall–Kier alpha value is -0.520. The molecule has 0 saturated heterocycles. The summed E-state index contributed by atoms with van der Waals surface area (Å²) in [5.74, 6) is 0. The van der Waals surface area contributed by atoms with Crippen molar-refractivity contribution in [1.82, 2.24) is 4.98 Å². The van der Waals surface area contributed by atoms with Gasteiger partial charge in [-0.15, -0.1) is 0 Å². The lowest BCUT2D eigenvalue weighted by Gasteiger charge is -2.14.